The first kappa shape index (κ1) is 24.9. The summed E-state index contributed by atoms with van der Waals surface area (Å²) in [5, 5.41) is 0. The Balaban J connectivity index is 2.03. The van der Waals surface area contributed by atoms with Crippen molar-refractivity contribution in [3.63, 3.8) is 0 Å². The lowest BCUT2D eigenvalue weighted by Gasteiger charge is -2.30. The molecule has 0 aromatic heterocycles. The van der Waals surface area contributed by atoms with Crippen LogP contribution >= 0.6 is 15.9 Å². The van der Waals surface area contributed by atoms with Gasteiger partial charge in [-0.25, -0.2) is 0 Å². The van der Waals surface area contributed by atoms with Gasteiger partial charge in [0.2, 0.25) is 0 Å². The molecule has 0 amide bonds. The van der Waals surface area contributed by atoms with E-state index in [0.717, 1.165) is 0 Å². The van der Waals surface area contributed by atoms with Crippen molar-refractivity contribution in [2.75, 3.05) is 13.1 Å². The molecule has 0 aromatic rings. The van der Waals surface area contributed by atoms with Crippen LogP contribution < -0.4 is 0 Å². The Hall–Kier alpha value is -0.180. The summed E-state index contributed by atoms with van der Waals surface area (Å²) < 4.78 is 1.29. The van der Waals surface area contributed by atoms with Gasteiger partial charge in [0.05, 0.1) is 10.8 Å². The fourth-order valence-electron chi connectivity index (χ4n) is 4.07. The molecule has 160 valence electrons. The minimum atomic E-state index is 0.522. The maximum atomic E-state index is 3.79. The van der Waals surface area contributed by atoms with E-state index < -0.39 is 0 Å². The first-order valence-electron chi connectivity index (χ1n) is 12.1. The van der Waals surface area contributed by atoms with E-state index in [2.05, 4.69) is 52.7 Å². The normalized spacial score (nSPS) is 17.0. The van der Waals surface area contributed by atoms with Crippen molar-refractivity contribution in [1.82, 2.24) is 9.80 Å². The minimum Gasteiger partial charge on any atom is -0.355 e. The second-order valence-electron chi connectivity index (χ2n) is 8.46. The molecular weight excluding hydrogens is 396 g/mol. The molecule has 0 spiro atoms. The molecule has 1 rings (SSSR count). The molecule has 0 saturated carbocycles. The van der Waals surface area contributed by atoms with Gasteiger partial charge in [-0.05, 0) is 35.7 Å². The van der Waals surface area contributed by atoms with Crippen LogP contribution in [-0.4, -0.2) is 29.1 Å². The SMILES string of the molecule is CCCCCCCCCCCCN1C=C(Br)N(CCCCCCCC)C1C. The standard InChI is InChI=1S/C24H47BrN2/c1-4-6-8-10-12-13-14-15-16-18-20-26-22-24(25)27(23(26)3)21-19-17-11-9-7-5-2/h22-23H,4-21H2,1-3H3. The van der Waals surface area contributed by atoms with Gasteiger partial charge < -0.3 is 9.80 Å². The van der Waals surface area contributed by atoms with Crippen LogP contribution in [0, 0.1) is 0 Å². The van der Waals surface area contributed by atoms with Gasteiger partial charge in [0.25, 0.3) is 0 Å². The van der Waals surface area contributed by atoms with E-state index in [0.29, 0.717) is 6.17 Å². The number of nitrogens with zero attached hydrogens (tertiary/aromatic N) is 2. The third kappa shape index (κ3) is 11.4. The van der Waals surface area contributed by atoms with Crippen LogP contribution in [0.1, 0.15) is 124 Å². The molecule has 0 radical (unpaired) electrons. The van der Waals surface area contributed by atoms with E-state index in [4.69, 9.17) is 0 Å². The monoisotopic (exact) mass is 442 g/mol. The van der Waals surface area contributed by atoms with Crippen molar-refractivity contribution < 1.29 is 0 Å². The third-order valence-electron chi connectivity index (χ3n) is 6.00. The largest absolute Gasteiger partial charge is 0.355 e. The predicted octanol–water partition coefficient (Wildman–Crippen LogP) is 8.43. The summed E-state index contributed by atoms with van der Waals surface area (Å²) in [6.07, 6.45) is 25.3. The van der Waals surface area contributed by atoms with Gasteiger partial charge in [-0.15, -0.1) is 0 Å². The van der Waals surface area contributed by atoms with Crippen LogP contribution in [0.4, 0.5) is 0 Å². The van der Waals surface area contributed by atoms with Gasteiger partial charge in [-0.2, -0.15) is 0 Å². The van der Waals surface area contributed by atoms with Crippen LogP contribution in [0.2, 0.25) is 0 Å². The van der Waals surface area contributed by atoms with E-state index in [1.807, 2.05) is 0 Å². The van der Waals surface area contributed by atoms with E-state index in [1.54, 1.807) is 0 Å². The number of rotatable bonds is 18. The summed E-state index contributed by atoms with van der Waals surface area (Å²) in [6.45, 7) is 9.34. The zero-order valence-corrected chi connectivity index (χ0v) is 20.2. The topological polar surface area (TPSA) is 6.48 Å². The molecule has 27 heavy (non-hydrogen) atoms. The van der Waals surface area contributed by atoms with Crippen LogP contribution in [0.3, 0.4) is 0 Å². The average Bonchev–Trinajstić information content (AvgIpc) is 2.93. The molecule has 0 bridgehead atoms. The number of hydrogen-bond acceptors (Lipinski definition) is 2. The quantitative estimate of drug-likeness (QED) is 0.155. The summed E-state index contributed by atoms with van der Waals surface area (Å²) in [6, 6.07) is 0. The number of halogens is 1. The molecule has 1 aliphatic heterocycles. The summed E-state index contributed by atoms with van der Waals surface area (Å²) in [4.78, 5) is 5.07. The summed E-state index contributed by atoms with van der Waals surface area (Å²) in [5.74, 6) is 0. The Morgan fingerprint density at radius 2 is 1.07 bits per heavy atom. The highest BCUT2D eigenvalue weighted by Crippen LogP contribution is 2.28. The lowest BCUT2D eigenvalue weighted by atomic mass is 10.1. The van der Waals surface area contributed by atoms with E-state index >= 15 is 0 Å². The van der Waals surface area contributed by atoms with Crippen molar-refractivity contribution in [2.45, 2.75) is 130 Å². The second kappa shape index (κ2) is 16.7. The molecule has 1 aliphatic rings. The van der Waals surface area contributed by atoms with Crippen molar-refractivity contribution in [3.05, 3.63) is 10.8 Å². The van der Waals surface area contributed by atoms with E-state index in [9.17, 15) is 0 Å². The van der Waals surface area contributed by atoms with Crippen LogP contribution in [0.15, 0.2) is 10.8 Å². The minimum absolute atomic E-state index is 0.522. The molecule has 1 atom stereocenters. The third-order valence-corrected chi connectivity index (χ3v) is 6.66. The fourth-order valence-corrected chi connectivity index (χ4v) is 4.80. The van der Waals surface area contributed by atoms with Crippen molar-refractivity contribution >= 4 is 15.9 Å². The molecule has 3 heteroatoms. The lowest BCUT2D eigenvalue weighted by molar-refractivity contribution is 0.163. The van der Waals surface area contributed by atoms with E-state index in [-0.39, 0.29) is 0 Å². The maximum absolute atomic E-state index is 3.79. The number of unbranched alkanes of at least 4 members (excludes halogenated alkanes) is 14. The summed E-state index contributed by atoms with van der Waals surface area (Å²) >= 11 is 3.79. The second-order valence-corrected chi connectivity index (χ2v) is 9.28. The molecule has 1 unspecified atom stereocenters. The Kier molecular flexibility index (Phi) is 15.4. The predicted molar refractivity (Wildman–Crippen MR) is 125 cm³/mol. The average molecular weight is 444 g/mol. The number of hydrogen-bond donors (Lipinski definition) is 0. The maximum Gasteiger partial charge on any atom is 0.0987 e. The van der Waals surface area contributed by atoms with Crippen LogP contribution in [0.25, 0.3) is 0 Å². The highest BCUT2D eigenvalue weighted by molar-refractivity contribution is 9.11. The highest BCUT2D eigenvalue weighted by atomic mass is 79.9. The van der Waals surface area contributed by atoms with Gasteiger partial charge in [-0.1, -0.05) is 104 Å². The van der Waals surface area contributed by atoms with Gasteiger partial charge in [0, 0.05) is 19.3 Å². The fraction of sp³-hybridized carbons (Fsp3) is 0.917. The zero-order chi connectivity index (χ0) is 19.7. The lowest BCUT2D eigenvalue weighted by Crippen LogP contribution is -2.37. The Labute approximate surface area is 179 Å². The van der Waals surface area contributed by atoms with Gasteiger partial charge in [-0.3, -0.25) is 0 Å². The van der Waals surface area contributed by atoms with Crippen molar-refractivity contribution in [1.29, 1.82) is 0 Å². The highest BCUT2D eigenvalue weighted by Gasteiger charge is 2.26. The summed E-state index contributed by atoms with van der Waals surface area (Å²) in [5.41, 5.74) is 0. The molecular formula is C24H47BrN2. The van der Waals surface area contributed by atoms with Crippen LogP contribution in [-0.2, 0) is 0 Å². The Bertz CT molecular complexity index is 369. The first-order valence-corrected chi connectivity index (χ1v) is 12.9. The van der Waals surface area contributed by atoms with E-state index in [1.165, 1.54) is 120 Å². The van der Waals surface area contributed by atoms with Crippen molar-refractivity contribution in [3.8, 4) is 0 Å². The van der Waals surface area contributed by atoms with Crippen LogP contribution in [0.5, 0.6) is 0 Å². The molecule has 1 heterocycles. The smallest absolute Gasteiger partial charge is 0.0987 e. The first-order chi connectivity index (χ1) is 13.2. The van der Waals surface area contributed by atoms with Gasteiger partial charge in [0.15, 0.2) is 0 Å². The Morgan fingerprint density at radius 3 is 1.56 bits per heavy atom. The molecule has 0 N–H and O–H groups in total. The van der Waals surface area contributed by atoms with Crippen molar-refractivity contribution in [2.24, 2.45) is 0 Å². The Morgan fingerprint density at radius 1 is 0.667 bits per heavy atom. The van der Waals surface area contributed by atoms with Gasteiger partial charge in [0.1, 0.15) is 0 Å². The van der Waals surface area contributed by atoms with Gasteiger partial charge >= 0.3 is 0 Å². The molecule has 0 aliphatic carbocycles. The summed E-state index contributed by atoms with van der Waals surface area (Å²) in [7, 11) is 0. The zero-order valence-electron chi connectivity index (χ0n) is 18.7. The molecule has 2 nitrogen and oxygen atoms in total. The molecule has 0 aromatic carbocycles. The molecule has 0 saturated heterocycles. The molecule has 0 fully saturated rings.